The van der Waals surface area contributed by atoms with Gasteiger partial charge in [-0.1, -0.05) is 6.42 Å². The lowest BCUT2D eigenvalue weighted by atomic mass is 10.0. The van der Waals surface area contributed by atoms with Gasteiger partial charge in [0.25, 0.3) is 0 Å². The van der Waals surface area contributed by atoms with Gasteiger partial charge in [-0.05, 0) is 71.8 Å². The van der Waals surface area contributed by atoms with Crippen LogP contribution in [0, 0.1) is 6.92 Å². The van der Waals surface area contributed by atoms with Gasteiger partial charge in [0, 0.05) is 6.04 Å². The maximum Gasteiger partial charge on any atom is 0.120 e. The highest BCUT2D eigenvalue weighted by molar-refractivity contribution is 5.08. The number of nitrogens with zero attached hydrogens (tertiary/aromatic N) is 1. The summed E-state index contributed by atoms with van der Waals surface area (Å²) >= 11 is 0. The third kappa shape index (κ3) is 4.36. The lowest BCUT2D eigenvalue weighted by Gasteiger charge is -2.33. The summed E-state index contributed by atoms with van der Waals surface area (Å²) in [6.07, 6.45) is 5.37. The van der Waals surface area contributed by atoms with E-state index in [9.17, 15) is 0 Å². The maximum absolute atomic E-state index is 5.64. The molecule has 0 amide bonds. The fraction of sp³-hybridized carbons (Fsp3) is 0.750. The first-order valence-electron chi connectivity index (χ1n) is 7.70. The van der Waals surface area contributed by atoms with E-state index in [1.54, 1.807) is 0 Å². The van der Waals surface area contributed by atoms with Gasteiger partial charge in [0.1, 0.15) is 11.5 Å². The van der Waals surface area contributed by atoms with Crippen molar-refractivity contribution in [3.8, 4) is 0 Å². The predicted molar refractivity (Wildman–Crippen MR) is 79.4 cm³/mol. The fourth-order valence-electron chi connectivity index (χ4n) is 2.88. The topological polar surface area (TPSA) is 28.4 Å². The number of nitrogens with one attached hydrogen (secondary N) is 1. The molecule has 3 heteroatoms. The molecule has 0 bridgehead atoms. The zero-order valence-corrected chi connectivity index (χ0v) is 12.6. The van der Waals surface area contributed by atoms with Crippen molar-refractivity contribution in [3.05, 3.63) is 23.7 Å². The van der Waals surface area contributed by atoms with Gasteiger partial charge < -0.3 is 14.6 Å². The summed E-state index contributed by atoms with van der Waals surface area (Å²) in [5, 5.41) is 3.55. The smallest absolute Gasteiger partial charge is 0.120 e. The van der Waals surface area contributed by atoms with E-state index in [1.807, 2.05) is 13.0 Å². The van der Waals surface area contributed by atoms with Crippen LogP contribution in [0.15, 0.2) is 16.5 Å². The van der Waals surface area contributed by atoms with Crippen LogP contribution < -0.4 is 5.32 Å². The van der Waals surface area contributed by atoms with Crippen LogP contribution >= 0.6 is 0 Å². The predicted octanol–water partition coefficient (Wildman–Crippen LogP) is 3.50. The average molecular weight is 264 g/mol. The molecule has 0 spiro atoms. The summed E-state index contributed by atoms with van der Waals surface area (Å²) in [6, 6.07) is 5.19. The first-order chi connectivity index (χ1) is 9.16. The first-order valence-corrected chi connectivity index (χ1v) is 7.70. The van der Waals surface area contributed by atoms with Crippen LogP contribution in [0.5, 0.6) is 0 Å². The molecule has 1 aliphatic heterocycles. The minimum atomic E-state index is 0.312. The molecular weight excluding hydrogens is 236 g/mol. The van der Waals surface area contributed by atoms with Crippen LogP contribution in [0.2, 0.25) is 0 Å². The molecule has 1 aromatic heterocycles. The Hall–Kier alpha value is -0.800. The molecule has 2 heterocycles. The van der Waals surface area contributed by atoms with Gasteiger partial charge in [0.15, 0.2) is 0 Å². The molecule has 108 valence electrons. The lowest BCUT2D eigenvalue weighted by Crippen LogP contribution is -2.39. The van der Waals surface area contributed by atoms with Gasteiger partial charge in [-0.15, -0.1) is 0 Å². The number of likely N-dealkylation sites (tertiary alicyclic amines) is 1. The van der Waals surface area contributed by atoms with E-state index >= 15 is 0 Å². The van der Waals surface area contributed by atoms with Crippen LogP contribution in [-0.2, 0) is 0 Å². The molecule has 2 unspecified atom stereocenters. The summed E-state index contributed by atoms with van der Waals surface area (Å²) in [4.78, 5) is 2.63. The molecule has 1 saturated heterocycles. The largest absolute Gasteiger partial charge is 0.465 e. The van der Waals surface area contributed by atoms with E-state index in [1.165, 1.54) is 38.8 Å². The van der Waals surface area contributed by atoms with Crippen molar-refractivity contribution >= 4 is 0 Å². The standard InChI is InChI=1S/C16H28N2O/c1-13-7-4-5-11-18(13)12-6-10-17-15(3)16-9-8-14(2)19-16/h8-9,13,15,17H,4-7,10-12H2,1-3H3. The highest BCUT2D eigenvalue weighted by atomic mass is 16.3. The van der Waals surface area contributed by atoms with Crippen LogP contribution in [0.25, 0.3) is 0 Å². The van der Waals surface area contributed by atoms with Crippen molar-refractivity contribution in [2.45, 2.75) is 58.5 Å². The van der Waals surface area contributed by atoms with Gasteiger partial charge in [-0.25, -0.2) is 0 Å². The van der Waals surface area contributed by atoms with E-state index in [0.717, 1.165) is 24.1 Å². The summed E-state index contributed by atoms with van der Waals surface area (Å²) in [6.45, 7) is 10.1. The van der Waals surface area contributed by atoms with Crippen LogP contribution in [0.3, 0.4) is 0 Å². The monoisotopic (exact) mass is 264 g/mol. The number of piperidine rings is 1. The third-order valence-corrected chi connectivity index (χ3v) is 4.20. The van der Waals surface area contributed by atoms with Crippen molar-refractivity contribution in [1.82, 2.24) is 10.2 Å². The lowest BCUT2D eigenvalue weighted by molar-refractivity contribution is 0.158. The Morgan fingerprint density at radius 3 is 2.95 bits per heavy atom. The molecular formula is C16H28N2O. The minimum Gasteiger partial charge on any atom is -0.465 e. The van der Waals surface area contributed by atoms with Gasteiger partial charge in [-0.2, -0.15) is 0 Å². The number of hydrogen-bond acceptors (Lipinski definition) is 3. The van der Waals surface area contributed by atoms with Gasteiger partial charge in [0.05, 0.1) is 6.04 Å². The van der Waals surface area contributed by atoms with Gasteiger partial charge >= 0.3 is 0 Å². The molecule has 1 aromatic rings. The quantitative estimate of drug-likeness (QED) is 0.797. The second-order valence-electron chi connectivity index (χ2n) is 5.86. The molecule has 0 aromatic carbocycles. The first kappa shape index (κ1) is 14.6. The van der Waals surface area contributed by atoms with Crippen molar-refractivity contribution < 1.29 is 4.42 Å². The Bertz CT molecular complexity index is 375. The molecule has 1 fully saturated rings. The molecule has 0 radical (unpaired) electrons. The Morgan fingerprint density at radius 2 is 2.26 bits per heavy atom. The fourth-order valence-corrected chi connectivity index (χ4v) is 2.88. The second kappa shape index (κ2) is 7.11. The van der Waals surface area contributed by atoms with Crippen molar-refractivity contribution in [3.63, 3.8) is 0 Å². The maximum atomic E-state index is 5.64. The van der Waals surface area contributed by atoms with Gasteiger partial charge in [0.2, 0.25) is 0 Å². The molecule has 1 aliphatic rings. The summed E-state index contributed by atoms with van der Waals surface area (Å²) < 4.78 is 5.64. The second-order valence-corrected chi connectivity index (χ2v) is 5.86. The third-order valence-electron chi connectivity index (χ3n) is 4.20. The number of aryl methyl sites for hydroxylation is 1. The Balaban J connectivity index is 1.63. The van der Waals surface area contributed by atoms with E-state index in [4.69, 9.17) is 4.42 Å². The molecule has 3 nitrogen and oxygen atoms in total. The van der Waals surface area contributed by atoms with Crippen LogP contribution in [-0.4, -0.2) is 30.6 Å². The van der Waals surface area contributed by atoms with Crippen molar-refractivity contribution in [1.29, 1.82) is 0 Å². The van der Waals surface area contributed by atoms with E-state index in [0.29, 0.717) is 6.04 Å². The summed E-state index contributed by atoms with van der Waals surface area (Å²) in [7, 11) is 0. The van der Waals surface area contributed by atoms with Crippen molar-refractivity contribution in [2.75, 3.05) is 19.6 Å². The highest BCUT2D eigenvalue weighted by Gasteiger charge is 2.17. The number of furan rings is 1. The zero-order chi connectivity index (χ0) is 13.7. The SMILES string of the molecule is Cc1ccc(C(C)NCCCN2CCCCC2C)o1. The highest BCUT2D eigenvalue weighted by Crippen LogP contribution is 2.17. The van der Waals surface area contributed by atoms with Crippen LogP contribution in [0.1, 0.15) is 57.1 Å². The molecule has 2 rings (SSSR count). The normalized spacial score (nSPS) is 22.6. The summed E-state index contributed by atoms with van der Waals surface area (Å²) in [5.41, 5.74) is 0. The molecule has 2 atom stereocenters. The van der Waals surface area contributed by atoms with E-state index in [2.05, 4.69) is 30.1 Å². The Morgan fingerprint density at radius 1 is 1.42 bits per heavy atom. The minimum absolute atomic E-state index is 0.312. The van der Waals surface area contributed by atoms with Gasteiger partial charge in [-0.3, -0.25) is 0 Å². The Kier molecular flexibility index (Phi) is 5.46. The Labute approximate surface area is 117 Å². The van der Waals surface area contributed by atoms with Crippen LogP contribution in [0.4, 0.5) is 0 Å². The van der Waals surface area contributed by atoms with E-state index < -0.39 is 0 Å². The zero-order valence-electron chi connectivity index (χ0n) is 12.6. The van der Waals surface area contributed by atoms with E-state index in [-0.39, 0.29) is 0 Å². The average Bonchev–Trinajstić information content (AvgIpc) is 2.83. The molecule has 1 N–H and O–H groups in total. The number of hydrogen-bond donors (Lipinski definition) is 1. The molecule has 0 aliphatic carbocycles. The molecule has 19 heavy (non-hydrogen) atoms. The van der Waals surface area contributed by atoms with Crippen molar-refractivity contribution in [2.24, 2.45) is 0 Å². The summed E-state index contributed by atoms with van der Waals surface area (Å²) in [5.74, 6) is 2.04. The number of rotatable bonds is 6. The molecule has 0 saturated carbocycles.